The molecule has 23 heavy (non-hydrogen) atoms. The van der Waals surface area contributed by atoms with E-state index in [-0.39, 0.29) is 5.79 Å². The molecule has 1 saturated carbocycles. The number of nitrogens with zero attached hydrogens (tertiary/aromatic N) is 2. The molecule has 0 amide bonds. The minimum atomic E-state index is -0.321. The molecule has 0 unspecified atom stereocenters. The summed E-state index contributed by atoms with van der Waals surface area (Å²) in [7, 11) is 0. The van der Waals surface area contributed by atoms with E-state index in [9.17, 15) is 0 Å². The summed E-state index contributed by atoms with van der Waals surface area (Å²) in [4.78, 5) is 4.29. The van der Waals surface area contributed by atoms with Gasteiger partial charge in [0.05, 0.1) is 33.6 Å². The number of nitrogens with one attached hydrogen (secondary N) is 1. The number of nitriles is 1. The molecule has 1 N–H and O–H groups in total. The van der Waals surface area contributed by atoms with Gasteiger partial charge in [-0.1, -0.05) is 0 Å². The molecule has 7 heteroatoms. The van der Waals surface area contributed by atoms with E-state index in [0.717, 1.165) is 46.1 Å². The van der Waals surface area contributed by atoms with Crippen molar-refractivity contribution in [1.82, 2.24) is 4.98 Å². The lowest BCUT2D eigenvalue weighted by Crippen LogP contribution is -2.39. The van der Waals surface area contributed by atoms with Gasteiger partial charge in [0.2, 0.25) is 0 Å². The first-order valence-corrected chi connectivity index (χ1v) is 9.34. The second kappa shape index (κ2) is 6.02. The van der Waals surface area contributed by atoms with E-state index < -0.39 is 0 Å². The third-order valence-corrected chi connectivity index (χ3v) is 6.59. The molecule has 2 aromatic rings. The van der Waals surface area contributed by atoms with Crippen molar-refractivity contribution in [1.29, 1.82) is 5.26 Å². The van der Waals surface area contributed by atoms with Crippen LogP contribution in [0.2, 0.25) is 0 Å². The average Bonchev–Trinajstić information content (AvgIpc) is 3.20. The second-order valence-corrected chi connectivity index (χ2v) is 7.72. The monoisotopic (exact) mass is 393 g/mol. The van der Waals surface area contributed by atoms with Crippen molar-refractivity contribution in [2.75, 3.05) is 18.5 Å². The van der Waals surface area contributed by atoms with Crippen molar-refractivity contribution in [2.45, 2.75) is 37.5 Å². The molecule has 0 bridgehead atoms. The third kappa shape index (κ3) is 2.85. The highest BCUT2D eigenvalue weighted by atomic mass is 79.9. The van der Waals surface area contributed by atoms with Crippen molar-refractivity contribution in [3.63, 3.8) is 0 Å². The zero-order chi connectivity index (χ0) is 15.9. The quantitative estimate of drug-likeness (QED) is 0.833. The number of halogens is 1. The van der Waals surface area contributed by atoms with E-state index in [1.165, 1.54) is 11.3 Å². The van der Waals surface area contributed by atoms with Gasteiger partial charge in [-0.25, -0.2) is 4.98 Å². The van der Waals surface area contributed by atoms with Crippen molar-refractivity contribution in [3.05, 3.63) is 21.6 Å². The highest BCUT2D eigenvalue weighted by Gasteiger charge is 2.40. The van der Waals surface area contributed by atoms with Crippen LogP contribution in [-0.2, 0) is 9.47 Å². The van der Waals surface area contributed by atoms with E-state index in [0.29, 0.717) is 24.3 Å². The first-order valence-electron chi connectivity index (χ1n) is 7.73. The Morgan fingerprint density at radius 3 is 2.74 bits per heavy atom. The fourth-order valence-electron chi connectivity index (χ4n) is 3.33. The molecule has 120 valence electrons. The number of anilines is 1. The van der Waals surface area contributed by atoms with Crippen molar-refractivity contribution in [3.8, 4) is 6.07 Å². The predicted molar refractivity (Wildman–Crippen MR) is 92.5 cm³/mol. The number of hydrogen-bond acceptors (Lipinski definition) is 6. The Morgan fingerprint density at radius 1 is 1.30 bits per heavy atom. The summed E-state index contributed by atoms with van der Waals surface area (Å²) >= 11 is 5.08. The molecule has 0 atom stereocenters. The molecule has 1 spiro atoms. The number of hydrogen-bond donors (Lipinski definition) is 1. The molecule has 2 aliphatic rings. The zero-order valence-electron chi connectivity index (χ0n) is 12.5. The number of thiazole rings is 1. The van der Waals surface area contributed by atoms with Crippen LogP contribution >= 0.6 is 27.3 Å². The standard InChI is InChI=1S/C16H16BrN3O2S/c17-14-11(1-2-12-15(14)23-13(9-18)20-12)19-10-3-5-16(6-4-10)21-7-8-22-16/h1-2,10,19H,3-8H2. The first-order chi connectivity index (χ1) is 11.2. The molecule has 1 aliphatic carbocycles. The summed E-state index contributed by atoms with van der Waals surface area (Å²) < 4.78 is 13.6. The zero-order valence-corrected chi connectivity index (χ0v) is 14.9. The highest BCUT2D eigenvalue weighted by molar-refractivity contribution is 9.10. The van der Waals surface area contributed by atoms with Crippen LogP contribution in [0.25, 0.3) is 10.2 Å². The smallest absolute Gasteiger partial charge is 0.195 e. The molecule has 4 rings (SSSR count). The van der Waals surface area contributed by atoms with E-state index in [4.69, 9.17) is 14.7 Å². The SMILES string of the molecule is N#Cc1nc2ccc(NC3CCC4(CC3)OCCO4)c(Br)c2s1. The summed E-state index contributed by atoms with van der Waals surface area (Å²) in [5.74, 6) is -0.321. The van der Waals surface area contributed by atoms with Gasteiger partial charge in [0.25, 0.3) is 0 Å². The van der Waals surface area contributed by atoms with Gasteiger partial charge in [-0.3, -0.25) is 0 Å². The van der Waals surface area contributed by atoms with Crippen LogP contribution in [0.5, 0.6) is 0 Å². The predicted octanol–water partition coefficient (Wildman–Crippen LogP) is 4.03. The summed E-state index contributed by atoms with van der Waals surface area (Å²) in [5.41, 5.74) is 1.92. The van der Waals surface area contributed by atoms with Crippen LogP contribution in [0.1, 0.15) is 30.7 Å². The number of fused-ring (bicyclic) bond motifs is 1. The van der Waals surface area contributed by atoms with Crippen molar-refractivity contribution in [2.24, 2.45) is 0 Å². The summed E-state index contributed by atoms with van der Waals surface area (Å²) in [6.07, 6.45) is 3.92. The van der Waals surface area contributed by atoms with E-state index >= 15 is 0 Å². The van der Waals surface area contributed by atoms with Gasteiger partial charge in [0, 0.05) is 18.9 Å². The molecule has 1 aromatic carbocycles. The van der Waals surface area contributed by atoms with Crippen molar-refractivity contribution >= 4 is 43.2 Å². The molecular weight excluding hydrogens is 378 g/mol. The fourth-order valence-corrected chi connectivity index (χ4v) is 4.82. The Morgan fingerprint density at radius 2 is 2.04 bits per heavy atom. The van der Waals surface area contributed by atoms with Crippen LogP contribution in [0, 0.1) is 11.3 Å². The van der Waals surface area contributed by atoms with Crippen molar-refractivity contribution < 1.29 is 9.47 Å². The molecular formula is C16H16BrN3O2S. The lowest BCUT2D eigenvalue weighted by molar-refractivity contribution is -0.177. The molecule has 0 radical (unpaired) electrons. The second-order valence-electron chi connectivity index (χ2n) is 5.93. The van der Waals surface area contributed by atoms with E-state index in [1.807, 2.05) is 12.1 Å². The number of rotatable bonds is 2. The lowest BCUT2D eigenvalue weighted by Gasteiger charge is -2.36. The van der Waals surface area contributed by atoms with Crippen LogP contribution in [0.4, 0.5) is 5.69 Å². The van der Waals surface area contributed by atoms with Gasteiger partial charge < -0.3 is 14.8 Å². The summed E-state index contributed by atoms with van der Waals surface area (Å²) in [6, 6.07) is 6.51. The Hall–Kier alpha value is -1.20. The Balaban J connectivity index is 1.50. The Bertz CT molecular complexity index is 769. The third-order valence-electron chi connectivity index (χ3n) is 4.51. The molecule has 2 fully saturated rings. The van der Waals surface area contributed by atoms with Crippen LogP contribution < -0.4 is 5.32 Å². The van der Waals surface area contributed by atoms with Crippen LogP contribution in [0.15, 0.2) is 16.6 Å². The molecule has 1 saturated heterocycles. The average molecular weight is 394 g/mol. The summed E-state index contributed by atoms with van der Waals surface area (Å²) in [5, 5.41) is 13.1. The number of benzene rings is 1. The molecule has 5 nitrogen and oxygen atoms in total. The largest absolute Gasteiger partial charge is 0.381 e. The molecule has 2 heterocycles. The Kier molecular flexibility index (Phi) is 4.01. The fraction of sp³-hybridized carbons (Fsp3) is 0.500. The normalized spacial score (nSPS) is 20.9. The van der Waals surface area contributed by atoms with E-state index in [1.54, 1.807) is 0 Å². The van der Waals surface area contributed by atoms with Crippen LogP contribution in [-0.4, -0.2) is 30.0 Å². The van der Waals surface area contributed by atoms with E-state index in [2.05, 4.69) is 32.3 Å². The van der Waals surface area contributed by atoms with Gasteiger partial charge in [-0.2, -0.15) is 5.26 Å². The number of ether oxygens (including phenoxy) is 2. The number of aromatic nitrogens is 1. The minimum absolute atomic E-state index is 0.321. The van der Waals surface area contributed by atoms with Gasteiger partial charge in [-0.15, -0.1) is 11.3 Å². The highest BCUT2D eigenvalue weighted by Crippen LogP contribution is 2.39. The first kappa shape index (κ1) is 15.3. The maximum atomic E-state index is 9.00. The van der Waals surface area contributed by atoms with Gasteiger partial charge >= 0.3 is 0 Å². The van der Waals surface area contributed by atoms with Gasteiger partial charge in [-0.05, 0) is 40.9 Å². The summed E-state index contributed by atoms with van der Waals surface area (Å²) in [6.45, 7) is 1.43. The maximum Gasteiger partial charge on any atom is 0.195 e. The van der Waals surface area contributed by atoms with Crippen LogP contribution in [0.3, 0.4) is 0 Å². The lowest BCUT2D eigenvalue weighted by atomic mass is 9.90. The Labute approximate surface area is 146 Å². The molecule has 1 aromatic heterocycles. The van der Waals surface area contributed by atoms with Gasteiger partial charge in [0.1, 0.15) is 6.07 Å². The topological polar surface area (TPSA) is 67.2 Å². The minimum Gasteiger partial charge on any atom is -0.381 e. The molecule has 1 aliphatic heterocycles. The maximum absolute atomic E-state index is 9.00. The van der Waals surface area contributed by atoms with Gasteiger partial charge in [0.15, 0.2) is 10.8 Å².